The predicted molar refractivity (Wildman–Crippen MR) is 125 cm³/mol. The predicted octanol–water partition coefficient (Wildman–Crippen LogP) is 5.93. The van der Waals surface area contributed by atoms with Crippen molar-refractivity contribution in [3.63, 3.8) is 0 Å². The van der Waals surface area contributed by atoms with Crippen LogP contribution in [0.15, 0.2) is 30.6 Å². The van der Waals surface area contributed by atoms with E-state index in [0.717, 1.165) is 33.7 Å². The lowest BCUT2D eigenvalue weighted by Crippen LogP contribution is -2.47. The third kappa shape index (κ3) is 3.01. The van der Waals surface area contributed by atoms with Crippen molar-refractivity contribution in [3.05, 3.63) is 36.5 Å². The van der Waals surface area contributed by atoms with E-state index in [9.17, 15) is 4.39 Å². The fourth-order valence-electron chi connectivity index (χ4n) is 6.01. The molecule has 32 heavy (non-hydrogen) atoms. The average Bonchev–Trinajstić information content (AvgIpc) is 3.40. The van der Waals surface area contributed by atoms with Gasteiger partial charge in [0, 0.05) is 35.4 Å². The molecule has 3 fully saturated rings. The van der Waals surface area contributed by atoms with Gasteiger partial charge in [0.15, 0.2) is 5.82 Å². The smallest absolute Gasteiger partial charge is 0.214 e. The number of rotatable bonds is 4. The number of halogens is 1. The van der Waals surface area contributed by atoms with Crippen molar-refractivity contribution >= 4 is 27.9 Å². The molecule has 7 rings (SSSR count). The molecule has 6 nitrogen and oxygen atoms in total. The van der Waals surface area contributed by atoms with Gasteiger partial charge in [-0.1, -0.05) is 6.92 Å². The number of pyridine rings is 1. The number of aromatic nitrogens is 5. The van der Waals surface area contributed by atoms with Crippen molar-refractivity contribution in [2.24, 2.45) is 17.8 Å². The van der Waals surface area contributed by atoms with E-state index in [1.54, 1.807) is 6.07 Å². The minimum atomic E-state index is -0.500. The fourth-order valence-corrected chi connectivity index (χ4v) is 6.01. The van der Waals surface area contributed by atoms with Gasteiger partial charge in [0.1, 0.15) is 17.1 Å². The summed E-state index contributed by atoms with van der Waals surface area (Å²) < 4.78 is 15.8. The molecule has 0 saturated heterocycles. The third-order valence-electron chi connectivity index (χ3n) is 7.81. The Morgan fingerprint density at radius 1 is 1.03 bits per heavy atom. The van der Waals surface area contributed by atoms with E-state index in [0.29, 0.717) is 29.3 Å². The summed E-state index contributed by atoms with van der Waals surface area (Å²) in [5.74, 6) is 3.19. The van der Waals surface area contributed by atoms with Crippen LogP contribution in [0.1, 0.15) is 52.5 Å². The summed E-state index contributed by atoms with van der Waals surface area (Å²) in [5.41, 5.74) is 2.27. The summed E-state index contributed by atoms with van der Waals surface area (Å²) in [4.78, 5) is 17.0. The monoisotopic (exact) mass is 432 g/mol. The maximum Gasteiger partial charge on any atom is 0.214 e. The van der Waals surface area contributed by atoms with E-state index in [-0.39, 0.29) is 6.04 Å². The zero-order valence-electron chi connectivity index (χ0n) is 18.8. The molecule has 2 N–H and O–H groups in total. The van der Waals surface area contributed by atoms with E-state index in [4.69, 9.17) is 9.97 Å². The summed E-state index contributed by atoms with van der Waals surface area (Å²) in [5, 5.41) is 5.75. The molecular formula is C25H29FN6. The van der Waals surface area contributed by atoms with Crippen LogP contribution in [-0.4, -0.2) is 30.5 Å². The molecule has 3 aliphatic carbocycles. The summed E-state index contributed by atoms with van der Waals surface area (Å²) >= 11 is 0. The van der Waals surface area contributed by atoms with Gasteiger partial charge in [-0.15, -0.1) is 0 Å². The van der Waals surface area contributed by atoms with Gasteiger partial charge in [-0.25, -0.2) is 15.0 Å². The summed E-state index contributed by atoms with van der Waals surface area (Å²) in [6, 6.07) is 5.97. The Kier molecular flexibility index (Phi) is 4.49. The molecule has 0 spiro atoms. The molecule has 166 valence electrons. The number of nitrogens with zero attached hydrogens (tertiary/aromatic N) is 4. The van der Waals surface area contributed by atoms with Crippen LogP contribution in [0.2, 0.25) is 0 Å². The zero-order chi connectivity index (χ0) is 22.0. The number of aromatic amines is 1. The second kappa shape index (κ2) is 7.29. The van der Waals surface area contributed by atoms with Crippen LogP contribution in [0.4, 0.5) is 10.2 Å². The second-order valence-corrected chi connectivity index (χ2v) is 9.89. The SMILES string of the molecule is CC(C)n1ccc2c(N[C@H]3C4CCC(CC4)[C@@H]3C)nc(-c3c[nH]c4nc(F)ccc34)nc21. The molecular weight excluding hydrogens is 403 g/mol. The van der Waals surface area contributed by atoms with E-state index in [1.807, 2.05) is 6.20 Å². The summed E-state index contributed by atoms with van der Waals surface area (Å²) in [6.07, 6.45) is 9.26. The highest BCUT2D eigenvalue weighted by molar-refractivity contribution is 5.95. The van der Waals surface area contributed by atoms with Crippen molar-refractivity contribution in [3.8, 4) is 11.4 Å². The minimum Gasteiger partial charge on any atom is -0.366 e. The average molecular weight is 433 g/mol. The topological polar surface area (TPSA) is 71.4 Å². The zero-order valence-corrected chi connectivity index (χ0v) is 18.8. The molecule has 4 aromatic heterocycles. The molecule has 3 saturated carbocycles. The maximum atomic E-state index is 13.6. The molecule has 2 bridgehead atoms. The molecule has 2 atom stereocenters. The standard InChI is InChI=1S/C25H29FN6/c1-13(2)32-11-10-18-23(29-21-14(3)15-4-6-16(21)7-5-15)30-24(31-25(18)32)19-12-27-22-17(19)8-9-20(26)28-22/h8-16,21H,4-7H2,1-3H3,(H,27,28)(H,29,30,31)/t14-,15?,16?,21+/m0/s1. The quantitative estimate of drug-likeness (QED) is 0.392. The Bertz CT molecular complexity index is 1290. The lowest BCUT2D eigenvalue weighted by Gasteiger charge is -2.47. The number of anilines is 1. The van der Waals surface area contributed by atoms with Crippen LogP contribution in [0.3, 0.4) is 0 Å². The molecule has 0 radical (unpaired) electrons. The van der Waals surface area contributed by atoms with Gasteiger partial charge >= 0.3 is 0 Å². The third-order valence-corrected chi connectivity index (χ3v) is 7.81. The van der Waals surface area contributed by atoms with Gasteiger partial charge in [-0.3, -0.25) is 0 Å². The number of hydrogen-bond acceptors (Lipinski definition) is 4. The highest BCUT2D eigenvalue weighted by atomic mass is 19.1. The lowest BCUT2D eigenvalue weighted by molar-refractivity contribution is 0.0929. The Labute approximate surface area is 186 Å². The van der Waals surface area contributed by atoms with Crippen LogP contribution >= 0.6 is 0 Å². The van der Waals surface area contributed by atoms with Crippen molar-refractivity contribution in [2.45, 2.75) is 58.5 Å². The van der Waals surface area contributed by atoms with E-state index < -0.39 is 5.95 Å². The molecule has 3 aliphatic rings. The first-order chi connectivity index (χ1) is 15.5. The molecule has 0 aromatic carbocycles. The molecule has 0 aliphatic heterocycles. The summed E-state index contributed by atoms with van der Waals surface area (Å²) in [6.45, 7) is 6.72. The maximum absolute atomic E-state index is 13.6. The number of H-pyrrole nitrogens is 1. The Morgan fingerprint density at radius 2 is 1.81 bits per heavy atom. The first-order valence-electron chi connectivity index (χ1n) is 11.8. The van der Waals surface area contributed by atoms with E-state index >= 15 is 0 Å². The van der Waals surface area contributed by atoms with Gasteiger partial charge in [0.05, 0.1) is 5.39 Å². The van der Waals surface area contributed by atoms with Gasteiger partial charge in [-0.05, 0) is 75.5 Å². The number of nitrogens with one attached hydrogen (secondary N) is 2. The van der Waals surface area contributed by atoms with Gasteiger partial charge in [-0.2, -0.15) is 4.39 Å². The largest absolute Gasteiger partial charge is 0.366 e. The normalized spacial score (nSPS) is 25.3. The minimum absolute atomic E-state index is 0.284. The van der Waals surface area contributed by atoms with Crippen LogP contribution in [-0.2, 0) is 0 Å². The molecule has 4 heterocycles. The highest BCUT2D eigenvalue weighted by Crippen LogP contribution is 2.46. The van der Waals surface area contributed by atoms with Crippen LogP contribution in [0, 0.1) is 23.7 Å². The van der Waals surface area contributed by atoms with Gasteiger partial charge < -0.3 is 14.9 Å². The molecule has 4 aromatic rings. The second-order valence-electron chi connectivity index (χ2n) is 9.89. The first-order valence-corrected chi connectivity index (χ1v) is 11.8. The molecule has 0 unspecified atom stereocenters. The van der Waals surface area contributed by atoms with Crippen LogP contribution in [0.25, 0.3) is 33.5 Å². The fraction of sp³-hybridized carbons (Fsp3) is 0.480. The highest BCUT2D eigenvalue weighted by Gasteiger charge is 2.41. The Balaban J connectivity index is 1.50. The van der Waals surface area contributed by atoms with Gasteiger partial charge in [0.25, 0.3) is 0 Å². The Morgan fingerprint density at radius 3 is 2.56 bits per heavy atom. The molecule has 0 amide bonds. The number of hydrogen-bond donors (Lipinski definition) is 2. The number of fused-ring (bicyclic) bond motifs is 5. The summed E-state index contributed by atoms with van der Waals surface area (Å²) in [7, 11) is 0. The lowest BCUT2D eigenvalue weighted by atomic mass is 9.62. The van der Waals surface area contributed by atoms with Crippen molar-refractivity contribution in [1.82, 2.24) is 24.5 Å². The van der Waals surface area contributed by atoms with Crippen LogP contribution < -0.4 is 5.32 Å². The van der Waals surface area contributed by atoms with Crippen LogP contribution in [0.5, 0.6) is 0 Å². The van der Waals surface area contributed by atoms with Crippen molar-refractivity contribution < 1.29 is 4.39 Å². The van der Waals surface area contributed by atoms with Crippen molar-refractivity contribution in [1.29, 1.82) is 0 Å². The van der Waals surface area contributed by atoms with E-state index in [1.165, 1.54) is 31.7 Å². The van der Waals surface area contributed by atoms with E-state index in [2.05, 4.69) is 52.9 Å². The molecule has 7 heteroatoms. The van der Waals surface area contributed by atoms with Crippen molar-refractivity contribution in [2.75, 3.05) is 5.32 Å². The first kappa shape index (κ1) is 19.7. The van der Waals surface area contributed by atoms with Gasteiger partial charge in [0.2, 0.25) is 5.95 Å². The Hall–Kier alpha value is -2.96.